The maximum absolute atomic E-state index is 11.6. The molecule has 4 heteroatoms. The fraction of sp³-hybridized carbons (Fsp3) is 0.909. The van der Waals surface area contributed by atoms with Crippen LogP contribution in [0.5, 0.6) is 0 Å². The SMILES string of the molecule is CCOCCCNC(=O)C1CCCCN1. The summed E-state index contributed by atoms with van der Waals surface area (Å²) < 4.78 is 5.19. The average Bonchev–Trinajstić information content (AvgIpc) is 2.30. The van der Waals surface area contributed by atoms with E-state index in [1.807, 2.05) is 6.92 Å². The minimum absolute atomic E-state index is 0.0332. The highest BCUT2D eigenvalue weighted by atomic mass is 16.5. The van der Waals surface area contributed by atoms with Crippen LogP contribution in [0.2, 0.25) is 0 Å². The molecule has 1 atom stereocenters. The Hall–Kier alpha value is -0.610. The van der Waals surface area contributed by atoms with E-state index < -0.39 is 0 Å². The number of ether oxygens (including phenoxy) is 1. The molecular formula is C11H22N2O2. The Kier molecular flexibility index (Phi) is 6.36. The Morgan fingerprint density at radius 3 is 3.07 bits per heavy atom. The summed E-state index contributed by atoms with van der Waals surface area (Å²) >= 11 is 0. The highest BCUT2D eigenvalue weighted by molar-refractivity contribution is 5.81. The molecule has 88 valence electrons. The maximum atomic E-state index is 11.6. The van der Waals surface area contributed by atoms with Crippen molar-refractivity contribution in [1.82, 2.24) is 10.6 Å². The van der Waals surface area contributed by atoms with Crippen LogP contribution in [0, 0.1) is 0 Å². The fourth-order valence-corrected chi connectivity index (χ4v) is 1.73. The zero-order chi connectivity index (χ0) is 10.9. The monoisotopic (exact) mass is 214 g/mol. The number of piperidine rings is 1. The topological polar surface area (TPSA) is 50.4 Å². The predicted octanol–water partition coefficient (Wildman–Crippen LogP) is 0.671. The van der Waals surface area contributed by atoms with E-state index in [0.29, 0.717) is 0 Å². The van der Waals surface area contributed by atoms with Gasteiger partial charge in [0.1, 0.15) is 0 Å². The van der Waals surface area contributed by atoms with E-state index in [0.717, 1.165) is 45.6 Å². The van der Waals surface area contributed by atoms with E-state index in [2.05, 4.69) is 10.6 Å². The molecule has 1 aliphatic rings. The lowest BCUT2D eigenvalue weighted by atomic mass is 10.0. The van der Waals surface area contributed by atoms with Crippen LogP contribution in [0.15, 0.2) is 0 Å². The van der Waals surface area contributed by atoms with Gasteiger partial charge in [-0.25, -0.2) is 0 Å². The summed E-state index contributed by atoms with van der Waals surface area (Å²) in [5.74, 6) is 0.145. The summed E-state index contributed by atoms with van der Waals surface area (Å²) in [6.45, 7) is 5.14. The van der Waals surface area contributed by atoms with Gasteiger partial charge in [0.2, 0.25) is 5.91 Å². The van der Waals surface area contributed by atoms with Crippen LogP contribution in [0.25, 0.3) is 0 Å². The van der Waals surface area contributed by atoms with Crippen LogP contribution < -0.4 is 10.6 Å². The zero-order valence-electron chi connectivity index (χ0n) is 9.55. The van der Waals surface area contributed by atoms with Crippen molar-refractivity contribution >= 4 is 5.91 Å². The fourth-order valence-electron chi connectivity index (χ4n) is 1.73. The van der Waals surface area contributed by atoms with Gasteiger partial charge >= 0.3 is 0 Å². The third kappa shape index (κ3) is 5.14. The first-order chi connectivity index (χ1) is 7.34. The maximum Gasteiger partial charge on any atom is 0.237 e. The predicted molar refractivity (Wildman–Crippen MR) is 59.8 cm³/mol. The Morgan fingerprint density at radius 2 is 2.40 bits per heavy atom. The van der Waals surface area contributed by atoms with Crippen LogP contribution in [0.3, 0.4) is 0 Å². The van der Waals surface area contributed by atoms with Crippen molar-refractivity contribution in [3.05, 3.63) is 0 Å². The molecule has 0 spiro atoms. The lowest BCUT2D eigenvalue weighted by Crippen LogP contribution is -2.46. The van der Waals surface area contributed by atoms with E-state index in [-0.39, 0.29) is 11.9 Å². The lowest BCUT2D eigenvalue weighted by Gasteiger charge is -2.22. The Bertz CT molecular complexity index is 179. The molecule has 15 heavy (non-hydrogen) atoms. The second kappa shape index (κ2) is 7.65. The molecule has 1 saturated heterocycles. The second-order valence-corrected chi connectivity index (χ2v) is 3.84. The minimum Gasteiger partial charge on any atom is -0.382 e. The third-order valence-electron chi connectivity index (χ3n) is 2.60. The number of rotatable bonds is 6. The van der Waals surface area contributed by atoms with E-state index >= 15 is 0 Å². The molecule has 2 N–H and O–H groups in total. The summed E-state index contributed by atoms with van der Waals surface area (Å²) in [4.78, 5) is 11.6. The molecule has 4 nitrogen and oxygen atoms in total. The highest BCUT2D eigenvalue weighted by Crippen LogP contribution is 2.06. The molecule has 1 rings (SSSR count). The number of hydrogen-bond donors (Lipinski definition) is 2. The van der Waals surface area contributed by atoms with Gasteiger partial charge in [-0.15, -0.1) is 0 Å². The van der Waals surface area contributed by atoms with E-state index in [1.165, 1.54) is 6.42 Å². The van der Waals surface area contributed by atoms with Crippen LogP contribution >= 0.6 is 0 Å². The molecule has 1 heterocycles. The quantitative estimate of drug-likeness (QED) is 0.639. The molecule has 1 unspecified atom stereocenters. The van der Waals surface area contributed by atoms with Crippen molar-refractivity contribution in [1.29, 1.82) is 0 Å². The van der Waals surface area contributed by atoms with Crippen molar-refractivity contribution in [3.8, 4) is 0 Å². The van der Waals surface area contributed by atoms with E-state index in [1.54, 1.807) is 0 Å². The normalized spacial score (nSPS) is 21.3. The smallest absolute Gasteiger partial charge is 0.237 e. The average molecular weight is 214 g/mol. The van der Waals surface area contributed by atoms with Crippen molar-refractivity contribution in [3.63, 3.8) is 0 Å². The number of carbonyl (C=O) groups excluding carboxylic acids is 1. The Balaban J connectivity index is 2.02. The molecule has 0 radical (unpaired) electrons. The first-order valence-corrected chi connectivity index (χ1v) is 5.93. The summed E-state index contributed by atoms with van der Waals surface area (Å²) in [7, 11) is 0. The van der Waals surface area contributed by atoms with Gasteiger partial charge in [0.05, 0.1) is 6.04 Å². The van der Waals surface area contributed by atoms with Gasteiger partial charge in [-0.2, -0.15) is 0 Å². The first kappa shape index (κ1) is 12.5. The number of hydrogen-bond acceptors (Lipinski definition) is 3. The largest absolute Gasteiger partial charge is 0.382 e. The third-order valence-corrected chi connectivity index (χ3v) is 2.60. The van der Waals surface area contributed by atoms with Gasteiger partial charge in [0.15, 0.2) is 0 Å². The van der Waals surface area contributed by atoms with E-state index in [9.17, 15) is 4.79 Å². The molecule has 0 aromatic heterocycles. The molecule has 0 aromatic rings. The molecule has 1 amide bonds. The second-order valence-electron chi connectivity index (χ2n) is 3.84. The minimum atomic E-state index is 0.0332. The van der Waals surface area contributed by atoms with Crippen LogP contribution in [0.4, 0.5) is 0 Å². The zero-order valence-corrected chi connectivity index (χ0v) is 9.55. The molecular weight excluding hydrogens is 192 g/mol. The number of nitrogens with one attached hydrogen (secondary N) is 2. The summed E-state index contributed by atoms with van der Waals surface area (Å²) in [6.07, 6.45) is 4.21. The standard InChI is InChI=1S/C11H22N2O2/c1-2-15-9-5-8-13-11(14)10-6-3-4-7-12-10/h10,12H,2-9H2,1H3,(H,13,14). The van der Waals surface area contributed by atoms with Crippen molar-refractivity contribution in [2.45, 2.75) is 38.6 Å². The van der Waals surface area contributed by atoms with Crippen molar-refractivity contribution in [2.24, 2.45) is 0 Å². The molecule has 0 saturated carbocycles. The summed E-state index contributed by atoms with van der Waals surface area (Å²) in [6, 6.07) is 0.0332. The molecule has 1 aliphatic heterocycles. The van der Waals surface area contributed by atoms with Gasteiger partial charge < -0.3 is 15.4 Å². The Morgan fingerprint density at radius 1 is 1.53 bits per heavy atom. The van der Waals surface area contributed by atoms with E-state index in [4.69, 9.17) is 4.74 Å². The van der Waals surface area contributed by atoms with Crippen LogP contribution in [0.1, 0.15) is 32.6 Å². The highest BCUT2D eigenvalue weighted by Gasteiger charge is 2.19. The van der Waals surface area contributed by atoms with Gasteiger partial charge in [-0.3, -0.25) is 4.79 Å². The summed E-state index contributed by atoms with van der Waals surface area (Å²) in [5.41, 5.74) is 0. The van der Waals surface area contributed by atoms with Crippen LogP contribution in [-0.2, 0) is 9.53 Å². The van der Waals surface area contributed by atoms with Gasteiger partial charge in [0, 0.05) is 19.8 Å². The van der Waals surface area contributed by atoms with Gasteiger partial charge in [-0.1, -0.05) is 6.42 Å². The molecule has 0 aliphatic carbocycles. The Labute approximate surface area is 91.8 Å². The molecule has 0 bridgehead atoms. The van der Waals surface area contributed by atoms with Gasteiger partial charge in [0.25, 0.3) is 0 Å². The molecule has 1 fully saturated rings. The first-order valence-electron chi connectivity index (χ1n) is 5.93. The number of amides is 1. The van der Waals surface area contributed by atoms with Crippen molar-refractivity contribution in [2.75, 3.05) is 26.3 Å². The summed E-state index contributed by atoms with van der Waals surface area (Å²) in [5, 5.41) is 6.16. The number of carbonyl (C=O) groups is 1. The lowest BCUT2D eigenvalue weighted by molar-refractivity contribution is -0.123. The van der Waals surface area contributed by atoms with Gasteiger partial charge in [-0.05, 0) is 32.7 Å². The van der Waals surface area contributed by atoms with Crippen LogP contribution in [-0.4, -0.2) is 38.3 Å². The molecule has 0 aromatic carbocycles. The van der Waals surface area contributed by atoms with Crippen molar-refractivity contribution < 1.29 is 9.53 Å².